The van der Waals surface area contributed by atoms with Crippen LogP contribution in [0.25, 0.3) is 0 Å². The summed E-state index contributed by atoms with van der Waals surface area (Å²) in [4.78, 5) is 12.3. The van der Waals surface area contributed by atoms with E-state index in [0.29, 0.717) is 0 Å². The summed E-state index contributed by atoms with van der Waals surface area (Å²) in [5.74, 6) is 0.0838. The molecule has 0 aliphatic heterocycles. The van der Waals surface area contributed by atoms with Crippen LogP contribution < -0.4 is 0 Å². The van der Waals surface area contributed by atoms with Crippen molar-refractivity contribution in [2.75, 3.05) is 0 Å². The summed E-state index contributed by atoms with van der Waals surface area (Å²) in [5.41, 5.74) is 2.72. The fourth-order valence-electron chi connectivity index (χ4n) is 1.92. The van der Waals surface area contributed by atoms with E-state index in [9.17, 15) is 4.79 Å². The SMILES string of the molecule is CCCc1cccc(C(=O)c2ccc(Br)cc2)c1. The van der Waals surface area contributed by atoms with E-state index in [0.717, 1.165) is 28.4 Å². The molecule has 0 aromatic heterocycles. The molecule has 2 aromatic carbocycles. The number of hydrogen-bond donors (Lipinski definition) is 0. The number of aryl methyl sites for hydroxylation is 1. The lowest BCUT2D eigenvalue weighted by molar-refractivity contribution is 0.103. The standard InChI is InChI=1S/C16H15BrO/c1-2-4-12-5-3-6-14(11-12)16(18)13-7-9-15(17)10-8-13/h3,5-11H,2,4H2,1H3. The van der Waals surface area contributed by atoms with Crippen LogP contribution in [0, 0.1) is 0 Å². The Morgan fingerprint density at radius 1 is 1.06 bits per heavy atom. The maximum Gasteiger partial charge on any atom is 0.193 e. The van der Waals surface area contributed by atoms with Crippen molar-refractivity contribution in [2.45, 2.75) is 19.8 Å². The maximum absolute atomic E-state index is 12.3. The quantitative estimate of drug-likeness (QED) is 0.752. The molecule has 0 radical (unpaired) electrons. The van der Waals surface area contributed by atoms with Crippen LogP contribution in [0.5, 0.6) is 0 Å². The van der Waals surface area contributed by atoms with Crippen LogP contribution in [-0.4, -0.2) is 5.78 Å². The van der Waals surface area contributed by atoms with E-state index in [4.69, 9.17) is 0 Å². The second-order valence-corrected chi connectivity index (χ2v) is 5.20. The van der Waals surface area contributed by atoms with Crippen molar-refractivity contribution in [3.05, 3.63) is 69.7 Å². The topological polar surface area (TPSA) is 17.1 Å². The molecule has 0 saturated carbocycles. The third-order valence-corrected chi connectivity index (χ3v) is 3.36. The molecule has 0 aliphatic rings. The Kier molecular flexibility index (Phi) is 4.32. The summed E-state index contributed by atoms with van der Waals surface area (Å²) in [6, 6.07) is 15.4. The van der Waals surface area contributed by atoms with E-state index in [2.05, 4.69) is 28.9 Å². The average molecular weight is 303 g/mol. The van der Waals surface area contributed by atoms with Gasteiger partial charge in [-0.15, -0.1) is 0 Å². The van der Waals surface area contributed by atoms with Crippen LogP contribution in [0.15, 0.2) is 53.0 Å². The number of hydrogen-bond acceptors (Lipinski definition) is 1. The number of rotatable bonds is 4. The number of ketones is 1. The molecule has 0 amide bonds. The van der Waals surface area contributed by atoms with Crippen molar-refractivity contribution < 1.29 is 4.79 Å². The zero-order valence-corrected chi connectivity index (χ0v) is 11.9. The molecule has 2 heteroatoms. The van der Waals surface area contributed by atoms with Gasteiger partial charge in [0.1, 0.15) is 0 Å². The van der Waals surface area contributed by atoms with Gasteiger partial charge in [0, 0.05) is 15.6 Å². The average Bonchev–Trinajstić information content (AvgIpc) is 2.39. The highest BCUT2D eigenvalue weighted by molar-refractivity contribution is 9.10. The molecule has 0 fully saturated rings. The van der Waals surface area contributed by atoms with Crippen LogP contribution >= 0.6 is 15.9 Å². The zero-order valence-electron chi connectivity index (χ0n) is 10.3. The minimum atomic E-state index is 0.0838. The first-order chi connectivity index (χ1) is 8.70. The number of benzene rings is 2. The van der Waals surface area contributed by atoms with Gasteiger partial charge < -0.3 is 0 Å². The van der Waals surface area contributed by atoms with Gasteiger partial charge in [-0.3, -0.25) is 4.79 Å². The third kappa shape index (κ3) is 3.08. The number of carbonyl (C=O) groups excluding carboxylic acids is 1. The Labute approximate surface area is 116 Å². The van der Waals surface area contributed by atoms with Gasteiger partial charge in [-0.1, -0.05) is 47.5 Å². The third-order valence-electron chi connectivity index (χ3n) is 2.83. The monoisotopic (exact) mass is 302 g/mol. The number of carbonyl (C=O) groups is 1. The van der Waals surface area contributed by atoms with E-state index in [1.165, 1.54) is 5.56 Å². The van der Waals surface area contributed by atoms with Gasteiger partial charge in [0.15, 0.2) is 5.78 Å². The lowest BCUT2D eigenvalue weighted by Crippen LogP contribution is -2.01. The second kappa shape index (κ2) is 5.96. The van der Waals surface area contributed by atoms with Crippen LogP contribution in [0.3, 0.4) is 0 Å². The molecule has 0 saturated heterocycles. The van der Waals surface area contributed by atoms with Crippen molar-refractivity contribution in [3.63, 3.8) is 0 Å². The molecule has 0 N–H and O–H groups in total. The van der Waals surface area contributed by atoms with Gasteiger partial charge in [-0.2, -0.15) is 0 Å². The second-order valence-electron chi connectivity index (χ2n) is 4.29. The Hall–Kier alpha value is -1.41. The van der Waals surface area contributed by atoms with Crippen LogP contribution in [0.1, 0.15) is 34.8 Å². The molecular formula is C16H15BrO. The predicted octanol–water partition coefficient (Wildman–Crippen LogP) is 4.63. The van der Waals surface area contributed by atoms with Crippen molar-refractivity contribution in [1.29, 1.82) is 0 Å². The Morgan fingerprint density at radius 3 is 2.44 bits per heavy atom. The van der Waals surface area contributed by atoms with Gasteiger partial charge in [-0.25, -0.2) is 0 Å². The maximum atomic E-state index is 12.3. The van der Waals surface area contributed by atoms with Crippen LogP contribution in [-0.2, 0) is 6.42 Å². The first-order valence-corrected chi connectivity index (χ1v) is 6.89. The molecule has 0 aliphatic carbocycles. The number of halogens is 1. The first-order valence-electron chi connectivity index (χ1n) is 6.10. The predicted molar refractivity (Wildman–Crippen MR) is 78.0 cm³/mol. The molecule has 0 heterocycles. The lowest BCUT2D eigenvalue weighted by Gasteiger charge is -2.04. The fourth-order valence-corrected chi connectivity index (χ4v) is 2.19. The minimum absolute atomic E-state index is 0.0838. The van der Waals surface area contributed by atoms with Crippen molar-refractivity contribution in [3.8, 4) is 0 Å². The lowest BCUT2D eigenvalue weighted by atomic mass is 10.00. The van der Waals surface area contributed by atoms with E-state index in [-0.39, 0.29) is 5.78 Å². The summed E-state index contributed by atoms with van der Waals surface area (Å²) in [6.07, 6.45) is 2.11. The van der Waals surface area contributed by atoms with Crippen molar-refractivity contribution >= 4 is 21.7 Å². The molecule has 1 nitrogen and oxygen atoms in total. The normalized spacial score (nSPS) is 10.3. The van der Waals surface area contributed by atoms with Gasteiger partial charge >= 0.3 is 0 Å². The summed E-state index contributed by atoms with van der Waals surface area (Å²) in [7, 11) is 0. The summed E-state index contributed by atoms with van der Waals surface area (Å²) in [5, 5.41) is 0. The van der Waals surface area contributed by atoms with Gasteiger partial charge in [-0.05, 0) is 42.3 Å². The molecule has 0 bridgehead atoms. The van der Waals surface area contributed by atoms with E-state index in [1.807, 2.05) is 42.5 Å². The van der Waals surface area contributed by atoms with E-state index < -0.39 is 0 Å². The highest BCUT2D eigenvalue weighted by atomic mass is 79.9. The molecule has 0 spiro atoms. The van der Waals surface area contributed by atoms with Crippen molar-refractivity contribution in [1.82, 2.24) is 0 Å². The van der Waals surface area contributed by atoms with E-state index >= 15 is 0 Å². The van der Waals surface area contributed by atoms with Gasteiger partial charge in [0.2, 0.25) is 0 Å². The molecule has 2 rings (SSSR count). The first kappa shape index (κ1) is 13.0. The molecule has 92 valence electrons. The summed E-state index contributed by atoms with van der Waals surface area (Å²) < 4.78 is 0.985. The summed E-state index contributed by atoms with van der Waals surface area (Å²) in [6.45, 7) is 2.14. The smallest absolute Gasteiger partial charge is 0.193 e. The van der Waals surface area contributed by atoms with Crippen LogP contribution in [0.4, 0.5) is 0 Å². The molecule has 18 heavy (non-hydrogen) atoms. The minimum Gasteiger partial charge on any atom is -0.289 e. The van der Waals surface area contributed by atoms with E-state index in [1.54, 1.807) is 0 Å². The molecule has 0 unspecified atom stereocenters. The molecular weight excluding hydrogens is 288 g/mol. The van der Waals surface area contributed by atoms with Gasteiger partial charge in [0.05, 0.1) is 0 Å². The highest BCUT2D eigenvalue weighted by Gasteiger charge is 2.09. The van der Waals surface area contributed by atoms with Gasteiger partial charge in [0.25, 0.3) is 0 Å². The largest absolute Gasteiger partial charge is 0.289 e. The van der Waals surface area contributed by atoms with Crippen LogP contribution in [0.2, 0.25) is 0 Å². The Bertz CT molecular complexity index is 543. The molecule has 2 aromatic rings. The Balaban J connectivity index is 2.28. The summed E-state index contributed by atoms with van der Waals surface area (Å²) >= 11 is 3.37. The fraction of sp³-hybridized carbons (Fsp3) is 0.188. The van der Waals surface area contributed by atoms with Crippen molar-refractivity contribution in [2.24, 2.45) is 0 Å². The Morgan fingerprint density at radius 2 is 1.78 bits per heavy atom. The highest BCUT2D eigenvalue weighted by Crippen LogP contribution is 2.15. The molecule has 0 atom stereocenters. The zero-order chi connectivity index (χ0) is 13.0.